The number of benzene rings is 2. The van der Waals surface area contributed by atoms with Crippen LogP contribution >= 0.6 is 0 Å². The van der Waals surface area contributed by atoms with Crippen molar-refractivity contribution in [1.82, 2.24) is 19.7 Å². The van der Waals surface area contributed by atoms with Gasteiger partial charge in [0.25, 0.3) is 0 Å². The Morgan fingerprint density at radius 2 is 1.93 bits per heavy atom. The van der Waals surface area contributed by atoms with Gasteiger partial charge < -0.3 is 15.1 Å². The number of likely N-dealkylation sites (N-methyl/N-ethyl adjacent to an activating group) is 1. The van der Waals surface area contributed by atoms with Crippen LogP contribution in [0.15, 0.2) is 48.8 Å². The van der Waals surface area contributed by atoms with Gasteiger partial charge >= 0.3 is 0 Å². The quantitative estimate of drug-likeness (QED) is 0.725. The van der Waals surface area contributed by atoms with Gasteiger partial charge in [0.2, 0.25) is 5.95 Å². The first-order valence-corrected chi connectivity index (χ1v) is 9.14. The number of hydrogen-bond acceptors (Lipinski definition) is 5. The first-order valence-electron chi connectivity index (χ1n) is 9.14. The van der Waals surface area contributed by atoms with Gasteiger partial charge in [-0.3, -0.25) is 0 Å². The minimum Gasteiger partial charge on any atom is -0.370 e. The molecule has 28 heavy (non-hydrogen) atoms. The van der Waals surface area contributed by atoms with Crippen LogP contribution in [-0.4, -0.2) is 52.9 Å². The zero-order chi connectivity index (χ0) is 19.7. The molecule has 1 aromatic heterocycles. The van der Waals surface area contributed by atoms with E-state index in [1.165, 1.54) is 29.2 Å². The second-order valence-electron chi connectivity index (χ2n) is 7.17. The maximum atomic E-state index is 14.2. The highest BCUT2D eigenvalue weighted by Crippen LogP contribution is 2.27. The van der Waals surface area contributed by atoms with E-state index in [0.717, 1.165) is 25.2 Å². The van der Waals surface area contributed by atoms with Gasteiger partial charge in [0.1, 0.15) is 18.0 Å². The lowest BCUT2D eigenvalue weighted by atomic mass is 10.2. The summed E-state index contributed by atoms with van der Waals surface area (Å²) in [7, 11) is 4.13. The molecule has 0 radical (unpaired) electrons. The molecule has 1 unspecified atom stereocenters. The lowest BCUT2D eigenvalue weighted by Gasteiger charge is -2.22. The average molecular weight is 386 g/mol. The number of anilines is 3. The van der Waals surface area contributed by atoms with Crippen molar-refractivity contribution in [2.24, 2.45) is 0 Å². The van der Waals surface area contributed by atoms with Crippen LogP contribution in [0.1, 0.15) is 7.85 Å². The third-order valence-corrected chi connectivity index (χ3v) is 4.96. The van der Waals surface area contributed by atoms with Gasteiger partial charge in [0.15, 0.2) is 0 Å². The Labute approximate surface area is 163 Å². The van der Waals surface area contributed by atoms with E-state index in [2.05, 4.69) is 39.3 Å². The van der Waals surface area contributed by atoms with Crippen LogP contribution in [0.3, 0.4) is 0 Å². The summed E-state index contributed by atoms with van der Waals surface area (Å²) in [4.78, 5) is 8.56. The van der Waals surface area contributed by atoms with E-state index in [-0.39, 0.29) is 13.1 Å². The van der Waals surface area contributed by atoms with Crippen molar-refractivity contribution in [3.8, 4) is 5.69 Å². The van der Waals surface area contributed by atoms with Crippen molar-refractivity contribution in [3.05, 3.63) is 60.4 Å². The highest BCUT2D eigenvalue weighted by molar-refractivity contribution is 5.62. The van der Waals surface area contributed by atoms with Gasteiger partial charge in [-0.15, -0.1) is 5.10 Å². The Morgan fingerprint density at radius 3 is 2.68 bits per heavy atom. The zero-order valence-corrected chi connectivity index (χ0v) is 15.8. The molecule has 1 saturated heterocycles. The van der Waals surface area contributed by atoms with Crippen molar-refractivity contribution in [2.45, 2.75) is 12.5 Å². The molecule has 2 aromatic carbocycles. The van der Waals surface area contributed by atoms with Gasteiger partial charge in [-0.2, -0.15) is 4.98 Å². The lowest BCUT2D eigenvalue weighted by Crippen LogP contribution is -2.31. The fraction of sp³-hybridized carbons (Fsp3) is 0.300. The van der Waals surface area contributed by atoms with Gasteiger partial charge in [0.05, 0.1) is 5.69 Å². The van der Waals surface area contributed by atoms with Crippen LogP contribution in [0, 0.1) is 11.6 Å². The fourth-order valence-corrected chi connectivity index (χ4v) is 3.42. The summed E-state index contributed by atoms with van der Waals surface area (Å²) in [5.41, 5.74) is 1.96. The fourth-order valence-electron chi connectivity index (χ4n) is 3.42. The Kier molecular flexibility index (Phi) is 4.95. The third-order valence-electron chi connectivity index (χ3n) is 4.96. The van der Waals surface area contributed by atoms with E-state index in [4.69, 9.17) is 0 Å². The van der Waals surface area contributed by atoms with E-state index in [1.54, 1.807) is 18.2 Å². The minimum absolute atomic E-state index is 0. The molecule has 0 aliphatic carbocycles. The van der Waals surface area contributed by atoms with Gasteiger partial charge in [-0.05, 0) is 56.9 Å². The Hall–Kier alpha value is -3.00. The Morgan fingerprint density at radius 1 is 1.11 bits per heavy atom. The molecule has 148 valence electrons. The van der Waals surface area contributed by atoms with Crippen LogP contribution in [-0.2, 0) is 0 Å². The molecule has 0 saturated carbocycles. The van der Waals surface area contributed by atoms with E-state index in [0.29, 0.717) is 23.4 Å². The molecular formula is C20H24F2N6. The summed E-state index contributed by atoms with van der Waals surface area (Å²) < 4.78 is 29.0. The molecule has 8 heteroatoms. The van der Waals surface area contributed by atoms with Crippen molar-refractivity contribution in [3.63, 3.8) is 0 Å². The van der Waals surface area contributed by atoms with Crippen LogP contribution in [0.25, 0.3) is 5.69 Å². The molecule has 6 nitrogen and oxygen atoms in total. The number of halogens is 2. The van der Waals surface area contributed by atoms with Crippen LogP contribution in [0.2, 0.25) is 0 Å². The number of nitrogens with one attached hydrogen (secondary N) is 1. The van der Waals surface area contributed by atoms with Crippen LogP contribution < -0.4 is 10.2 Å². The normalized spacial score (nSPS) is 16.8. The largest absolute Gasteiger partial charge is 0.370 e. The molecule has 1 aliphatic heterocycles. The SMILES string of the molecule is CN(C)C1CCN(c2cc(F)cc(Nc3ncn(-c4cccc(F)c4)n3)c2)C1.[HH]. The van der Waals surface area contributed by atoms with E-state index >= 15 is 0 Å². The maximum absolute atomic E-state index is 14.2. The molecule has 0 bridgehead atoms. The average Bonchev–Trinajstić information content (AvgIpc) is 3.31. The zero-order valence-electron chi connectivity index (χ0n) is 15.8. The predicted molar refractivity (Wildman–Crippen MR) is 107 cm³/mol. The van der Waals surface area contributed by atoms with Crippen molar-refractivity contribution < 1.29 is 10.2 Å². The first kappa shape index (κ1) is 18.4. The summed E-state index contributed by atoms with van der Waals surface area (Å²) >= 11 is 0. The number of hydrogen-bond donors (Lipinski definition) is 1. The molecule has 3 aromatic rings. The topological polar surface area (TPSA) is 49.2 Å². The summed E-state index contributed by atoms with van der Waals surface area (Å²) in [5.74, 6) is -0.356. The van der Waals surface area contributed by atoms with Gasteiger partial charge in [-0.1, -0.05) is 6.07 Å². The number of rotatable bonds is 5. The molecular weight excluding hydrogens is 362 g/mol. The van der Waals surface area contributed by atoms with E-state index < -0.39 is 0 Å². The van der Waals surface area contributed by atoms with Gasteiger partial charge in [0, 0.05) is 31.9 Å². The minimum atomic E-state index is -0.348. The van der Waals surface area contributed by atoms with E-state index in [1.807, 2.05) is 6.07 Å². The number of aromatic nitrogens is 3. The Balaban J connectivity index is 0.00000240. The first-order chi connectivity index (χ1) is 13.5. The number of nitrogens with zero attached hydrogens (tertiary/aromatic N) is 5. The highest BCUT2D eigenvalue weighted by Gasteiger charge is 2.24. The monoisotopic (exact) mass is 386 g/mol. The van der Waals surface area contributed by atoms with Gasteiger partial charge in [-0.25, -0.2) is 13.5 Å². The molecule has 0 amide bonds. The van der Waals surface area contributed by atoms with E-state index in [9.17, 15) is 8.78 Å². The predicted octanol–water partition coefficient (Wildman–Crippen LogP) is 3.68. The smallest absolute Gasteiger partial charge is 0.246 e. The van der Waals surface area contributed by atoms with Crippen LogP contribution in [0.5, 0.6) is 0 Å². The van der Waals surface area contributed by atoms with Crippen molar-refractivity contribution >= 4 is 17.3 Å². The highest BCUT2D eigenvalue weighted by atomic mass is 19.1. The van der Waals surface area contributed by atoms with Crippen molar-refractivity contribution in [1.29, 1.82) is 0 Å². The maximum Gasteiger partial charge on any atom is 0.246 e. The molecule has 1 atom stereocenters. The molecule has 1 N–H and O–H groups in total. The third kappa shape index (κ3) is 3.96. The molecule has 4 rings (SSSR count). The second-order valence-corrected chi connectivity index (χ2v) is 7.17. The summed E-state index contributed by atoms with van der Waals surface area (Å²) in [6.45, 7) is 1.75. The lowest BCUT2D eigenvalue weighted by molar-refractivity contribution is 0.315. The molecule has 2 heterocycles. The Bertz CT molecular complexity index is 977. The summed E-state index contributed by atoms with van der Waals surface area (Å²) in [6.07, 6.45) is 2.53. The molecule has 0 spiro atoms. The summed E-state index contributed by atoms with van der Waals surface area (Å²) in [5, 5.41) is 7.33. The van der Waals surface area contributed by atoms with Crippen LogP contribution in [0.4, 0.5) is 26.1 Å². The second kappa shape index (κ2) is 7.55. The van der Waals surface area contributed by atoms with Crippen molar-refractivity contribution in [2.75, 3.05) is 37.4 Å². The standard InChI is InChI=1S/C20H22F2N6.H2/c1-26(2)18-6-7-27(12-18)19-10-15(22)8-16(11-19)24-20-23-13-28(25-20)17-5-3-4-14(21)9-17;/h3-5,8-11,13,18H,6-7,12H2,1-2H3,(H,24,25);1H. The molecule has 1 aliphatic rings. The summed E-state index contributed by atoms with van der Waals surface area (Å²) in [6, 6.07) is 11.4. The molecule has 1 fully saturated rings.